The zero-order chi connectivity index (χ0) is 12.4. The number of methoxy groups -OCH3 is 1. The van der Waals surface area contributed by atoms with Gasteiger partial charge in [0.1, 0.15) is 11.4 Å². The summed E-state index contributed by atoms with van der Waals surface area (Å²) in [5.41, 5.74) is 1.73. The molecule has 1 aliphatic rings. The minimum atomic E-state index is 0.181. The van der Waals surface area contributed by atoms with Crippen molar-refractivity contribution in [3.8, 4) is 5.75 Å². The molecule has 2 heterocycles. The molecule has 1 atom stereocenters. The molecule has 0 amide bonds. The molecule has 1 aromatic heterocycles. The highest BCUT2D eigenvalue weighted by atomic mass is 16.5. The van der Waals surface area contributed by atoms with Crippen molar-refractivity contribution in [1.29, 1.82) is 0 Å². The number of ether oxygens (including phenoxy) is 2. The second kappa shape index (κ2) is 4.96. The predicted octanol–water partition coefficient (Wildman–Crippen LogP) is 1.89. The molecular weight excluding hydrogens is 232 g/mol. The van der Waals surface area contributed by atoms with E-state index in [4.69, 9.17) is 14.0 Å². The summed E-state index contributed by atoms with van der Waals surface area (Å²) < 4.78 is 16.0. The summed E-state index contributed by atoms with van der Waals surface area (Å²) in [6.45, 7) is 2.33. The molecule has 1 unspecified atom stereocenters. The summed E-state index contributed by atoms with van der Waals surface area (Å²) in [5.74, 6) is 0.817. The first kappa shape index (κ1) is 11.5. The summed E-state index contributed by atoms with van der Waals surface area (Å²) >= 11 is 0. The molecule has 18 heavy (non-hydrogen) atoms. The Bertz CT molecular complexity index is 530. The minimum Gasteiger partial charge on any atom is -0.497 e. The first-order valence-corrected chi connectivity index (χ1v) is 6.13. The molecule has 0 aliphatic carbocycles. The third-order valence-corrected chi connectivity index (χ3v) is 3.22. The molecule has 1 saturated heterocycles. The van der Waals surface area contributed by atoms with Gasteiger partial charge in [-0.05, 0) is 24.6 Å². The predicted molar refractivity (Wildman–Crippen MR) is 66.7 cm³/mol. The van der Waals surface area contributed by atoms with E-state index >= 15 is 0 Å². The van der Waals surface area contributed by atoms with Crippen molar-refractivity contribution < 1.29 is 14.0 Å². The lowest BCUT2D eigenvalue weighted by atomic mass is 10.1. The van der Waals surface area contributed by atoms with Gasteiger partial charge in [0.25, 0.3) is 0 Å². The molecule has 5 heteroatoms. The van der Waals surface area contributed by atoms with Crippen LogP contribution in [-0.4, -0.2) is 32.0 Å². The standard InChI is InChI=1S/C13H16N2O3/c1-16-9-2-3-12-10(8-9)13(15-18-12)11-4-6-17-7-5-14-11/h2-3,8,11,14H,4-7H2,1H3. The molecule has 1 N–H and O–H groups in total. The highest BCUT2D eigenvalue weighted by Gasteiger charge is 2.20. The van der Waals surface area contributed by atoms with E-state index in [2.05, 4.69) is 10.5 Å². The smallest absolute Gasteiger partial charge is 0.167 e. The third-order valence-electron chi connectivity index (χ3n) is 3.22. The van der Waals surface area contributed by atoms with Crippen LogP contribution in [0.1, 0.15) is 18.2 Å². The van der Waals surface area contributed by atoms with Gasteiger partial charge in [-0.25, -0.2) is 0 Å². The second-order valence-corrected chi connectivity index (χ2v) is 4.34. The lowest BCUT2D eigenvalue weighted by molar-refractivity contribution is 0.149. The van der Waals surface area contributed by atoms with Crippen LogP contribution in [0.15, 0.2) is 22.7 Å². The van der Waals surface area contributed by atoms with Crippen molar-refractivity contribution in [2.75, 3.05) is 26.9 Å². The van der Waals surface area contributed by atoms with E-state index < -0.39 is 0 Å². The first-order chi connectivity index (χ1) is 8.88. The van der Waals surface area contributed by atoms with Gasteiger partial charge < -0.3 is 19.3 Å². The van der Waals surface area contributed by atoms with Gasteiger partial charge in [-0.15, -0.1) is 0 Å². The van der Waals surface area contributed by atoms with Gasteiger partial charge in [0.05, 0.1) is 25.1 Å². The Morgan fingerprint density at radius 2 is 2.33 bits per heavy atom. The molecule has 1 fully saturated rings. The Morgan fingerprint density at radius 1 is 1.39 bits per heavy atom. The van der Waals surface area contributed by atoms with Crippen LogP contribution in [0.25, 0.3) is 11.0 Å². The summed E-state index contributed by atoms with van der Waals surface area (Å²) in [5, 5.41) is 8.62. The van der Waals surface area contributed by atoms with Crippen LogP contribution in [0, 0.1) is 0 Å². The summed E-state index contributed by atoms with van der Waals surface area (Å²) in [6.07, 6.45) is 0.902. The lowest BCUT2D eigenvalue weighted by Gasteiger charge is -2.11. The molecular formula is C13H16N2O3. The van der Waals surface area contributed by atoms with Crippen molar-refractivity contribution in [2.45, 2.75) is 12.5 Å². The maximum Gasteiger partial charge on any atom is 0.167 e. The average molecular weight is 248 g/mol. The number of hydrogen-bond donors (Lipinski definition) is 1. The van der Waals surface area contributed by atoms with Crippen LogP contribution in [0.5, 0.6) is 5.75 Å². The average Bonchev–Trinajstić information content (AvgIpc) is 2.64. The van der Waals surface area contributed by atoms with Crippen LogP contribution < -0.4 is 10.1 Å². The number of benzene rings is 1. The number of nitrogens with one attached hydrogen (secondary N) is 1. The van der Waals surface area contributed by atoms with E-state index in [1.165, 1.54) is 0 Å². The molecule has 96 valence electrons. The largest absolute Gasteiger partial charge is 0.497 e. The maximum atomic E-state index is 5.43. The first-order valence-electron chi connectivity index (χ1n) is 6.13. The highest BCUT2D eigenvalue weighted by molar-refractivity contribution is 5.81. The van der Waals surface area contributed by atoms with E-state index in [9.17, 15) is 0 Å². The number of nitrogens with zero attached hydrogens (tertiary/aromatic N) is 1. The fourth-order valence-corrected chi connectivity index (χ4v) is 2.26. The fraction of sp³-hybridized carbons (Fsp3) is 0.462. The van der Waals surface area contributed by atoms with Gasteiger partial charge in [-0.2, -0.15) is 0 Å². The van der Waals surface area contributed by atoms with Gasteiger partial charge in [0.15, 0.2) is 5.58 Å². The number of rotatable bonds is 2. The number of aromatic nitrogens is 1. The molecule has 5 nitrogen and oxygen atoms in total. The van der Waals surface area contributed by atoms with Gasteiger partial charge in [0.2, 0.25) is 0 Å². The maximum absolute atomic E-state index is 5.43. The van der Waals surface area contributed by atoms with Crippen LogP contribution in [0.4, 0.5) is 0 Å². The quantitative estimate of drug-likeness (QED) is 0.879. The fourth-order valence-electron chi connectivity index (χ4n) is 2.26. The molecule has 1 aliphatic heterocycles. The van der Waals surface area contributed by atoms with Crippen LogP contribution >= 0.6 is 0 Å². The Balaban J connectivity index is 1.99. The van der Waals surface area contributed by atoms with Crippen LogP contribution in [0.2, 0.25) is 0 Å². The molecule has 0 bridgehead atoms. The van der Waals surface area contributed by atoms with E-state index in [1.807, 2.05) is 18.2 Å². The Labute approximate surface area is 105 Å². The Kier molecular flexibility index (Phi) is 3.17. The zero-order valence-corrected chi connectivity index (χ0v) is 10.3. The van der Waals surface area contributed by atoms with E-state index in [-0.39, 0.29) is 6.04 Å². The number of hydrogen-bond acceptors (Lipinski definition) is 5. The number of fused-ring (bicyclic) bond motifs is 1. The molecule has 0 radical (unpaired) electrons. The van der Waals surface area contributed by atoms with E-state index in [0.29, 0.717) is 0 Å². The lowest BCUT2D eigenvalue weighted by Crippen LogP contribution is -2.22. The minimum absolute atomic E-state index is 0.181. The van der Waals surface area contributed by atoms with Gasteiger partial charge in [-0.3, -0.25) is 0 Å². The normalized spacial score (nSPS) is 20.8. The van der Waals surface area contributed by atoms with Crippen molar-refractivity contribution in [3.05, 3.63) is 23.9 Å². The van der Waals surface area contributed by atoms with Gasteiger partial charge >= 0.3 is 0 Å². The third kappa shape index (κ3) is 2.07. The van der Waals surface area contributed by atoms with Crippen LogP contribution in [-0.2, 0) is 4.74 Å². The van der Waals surface area contributed by atoms with Crippen LogP contribution in [0.3, 0.4) is 0 Å². The highest BCUT2D eigenvalue weighted by Crippen LogP contribution is 2.29. The SMILES string of the molecule is COc1ccc2onc(C3CCOCCN3)c2c1. The second-order valence-electron chi connectivity index (χ2n) is 4.34. The monoisotopic (exact) mass is 248 g/mol. The van der Waals surface area contributed by atoms with E-state index in [0.717, 1.165) is 48.6 Å². The summed E-state index contributed by atoms with van der Waals surface area (Å²) in [6, 6.07) is 5.91. The van der Waals surface area contributed by atoms with Crippen molar-refractivity contribution >= 4 is 11.0 Å². The molecule has 3 rings (SSSR count). The zero-order valence-electron chi connectivity index (χ0n) is 10.3. The van der Waals surface area contributed by atoms with Gasteiger partial charge in [0, 0.05) is 13.2 Å². The van der Waals surface area contributed by atoms with Crippen molar-refractivity contribution in [3.63, 3.8) is 0 Å². The van der Waals surface area contributed by atoms with Gasteiger partial charge in [-0.1, -0.05) is 5.16 Å². The summed E-state index contributed by atoms with van der Waals surface area (Å²) in [7, 11) is 1.66. The van der Waals surface area contributed by atoms with Crippen molar-refractivity contribution in [2.24, 2.45) is 0 Å². The Morgan fingerprint density at radius 3 is 3.22 bits per heavy atom. The van der Waals surface area contributed by atoms with Crippen molar-refractivity contribution in [1.82, 2.24) is 10.5 Å². The molecule has 0 saturated carbocycles. The summed E-state index contributed by atoms with van der Waals surface area (Å²) in [4.78, 5) is 0. The topological polar surface area (TPSA) is 56.5 Å². The van der Waals surface area contributed by atoms with E-state index in [1.54, 1.807) is 7.11 Å². The molecule has 0 spiro atoms. The molecule has 1 aromatic carbocycles. The molecule has 2 aromatic rings. The Hall–Kier alpha value is -1.59.